The molecule has 138 valence electrons. The summed E-state index contributed by atoms with van der Waals surface area (Å²) >= 11 is 3.56. The molecule has 0 bridgehead atoms. The van der Waals surface area contributed by atoms with E-state index in [9.17, 15) is 4.79 Å². The van der Waals surface area contributed by atoms with Crippen LogP contribution in [0.1, 0.15) is 30.1 Å². The number of hydrogen-bond donors (Lipinski definition) is 1. The molecular weight excluding hydrogens is 408 g/mol. The Balaban J connectivity index is 1.49. The number of aryl methyl sites for hydroxylation is 1. The molecule has 7 nitrogen and oxygen atoms in total. The van der Waals surface area contributed by atoms with Gasteiger partial charge in [0.05, 0.1) is 43.0 Å². The molecule has 1 saturated carbocycles. The zero-order valence-corrected chi connectivity index (χ0v) is 16.5. The lowest BCUT2D eigenvalue weighted by molar-refractivity contribution is -0.119. The second kappa shape index (κ2) is 6.38. The van der Waals surface area contributed by atoms with Crippen LogP contribution in [-0.2, 0) is 17.9 Å². The first-order valence-corrected chi connectivity index (χ1v) is 9.89. The topological polar surface area (TPSA) is 77.6 Å². The summed E-state index contributed by atoms with van der Waals surface area (Å²) in [7, 11) is 0. The summed E-state index contributed by atoms with van der Waals surface area (Å²) in [5, 5.41) is 7.89. The Hall–Kier alpha value is -2.32. The van der Waals surface area contributed by atoms with Gasteiger partial charge in [-0.25, -0.2) is 14.6 Å². The van der Waals surface area contributed by atoms with Crippen LogP contribution in [0, 0.1) is 12.8 Å². The van der Waals surface area contributed by atoms with Crippen molar-refractivity contribution in [2.75, 3.05) is 6.54 Å². The number of hydrogen-bond acceptors (Lipinski definition) is 5. The van der Waals surface area contributed by atoms with Gasteiger partial charge in [-0.1, -0.05) is 15.9 Å². The monoisotopic (exact) mass is 426 g/mol. The highest BCUT2D eigenvalue weighted by atomic mass is 79.9. The quantitative estimate of drug-likeness (QED) is 0.530. The number of aromatic nitrogens is 5. The molecule has 0 radical (unpaired) electrons. The van der Waals surface area contributed by atoms with E-state index in [2.05, 4.69) is 42.9 Å². The van der Waals surface area contributed by atoms with Gasteiger partial charge in [0.15, 0.2) is 11.6 Å². The number of nitrogens with zero attached hydrogens (tertiary/aromatic N) is 5. The molecule has 0 atom stereocenters. The fourth-order valence-electron chi connectivity index (χ4n) is 3.52. The third-order valence-electron chi connectivity index (χ3n) is 5.16. The zero-order chi connectivity index (χ0) is 18.5. The summed E-state index contributed by atoms with van der Waals surface area (Å²) in [4.78, 5) is 21.1. The molecule has 1 N–H and O–H groups in total. The molecule has 27 heavy (non-hydrogen) atoms. The van der Waals surface area contributed by atoms with Crippen LogP contribution < -0.4 is 5.32 Å². The van der Waals surface area contributed by atoms with Gasteiger partial charge in [-0.3, -0.25) is 4.79 Å². The van der Waals surface area contributed by atoms with Crippen molar-refractivity contribution in [1.29, 1.82) is 0 Å². The molecule has 5 rings (SSSR count). The van der Waals surface area contributed by atoms with Gasteiger partial charge in [0.1, 0.15) is 5.78 Å². The molecule has 3 heterocycles. The summed E-state index contributed by atoms with van der Waals surface area (Å²) < 4.78 is 5.03. The number of Topliss-reactive ketones (excluding diaryl/α,β-unsaturated/α-hetero) is 1. The number of rotatable bonds is 5. The van der Waals surface area contributed by atoms with Gasteiger partial charge in [-0.2, -0.15) is 5.10 Å². The predicted molar refractivity (Wildman–Crippen MR) is 104 cm³/mol. The molecule has 1 aliphatic carbocycles. The van der Waals surface area contributed by atoms with Crippen molar-refractivity contribution in [1.82, 2.24) is 29.6 Å². The van der Waals surface area contributed by atoms with Crippen molar-refractivity contribution < 1.29 is 4.79 Å². The third kappa shape index (κ3) is 3.02. The van der Waals surface area contributed by atoms with Gasteiger partial charge in [0.2, 0.25) is 0 Å². The maximum atomic E-state index is 11.9. The molecule has 8 heteroatoms. The largest absolute Gasteiger partial charge is 0.303 e. The molecule has 0 unspecified atom stereocenters. The van der Waals surface area contributed by atoms with Crippen molar-refractivity contribution >= 4 is 21.7 Å². The van der Waals surface area contributed by atoms with Gasteiger partial charge in [0, 0.05) is 16.0 Å². The minimum absolute atomic E-state index is 0.275. The molecule has 0 saturated heterocycles. The molecule has 1 aromatic carbocycles. The first-order valence-electron chi connectivity index (χ1n) is 9.10. The number of ketones is 1. The average molecular weight is 427 g/mol. The number of nitrogens with one attached hydrogen (secondary N) is 1. The molecule has 1 aliphatic heterocycles. The summed E-state index contributed by atoms with van der Waals surface area (Å²) in [6, 6.07) is 6.16. The first kappa shape index (κ1) is 16.8. The Kier molecular flexibility index (Phi) is 3.98. The zero-order valence-electron chi connectivity index (χ0n) is 14.9. The summed E-state index contributed by atoms with van der Waals surface area (Å²) in [5.74, 6) is 2.10. The van der Waals surface area contributed by atoms with E-state index >= 15 is 0 Å². The van der Waals surface area contributed by atoms with E-state index in [0.717, 1.165) is 45.8 Å². The lowest BCUT2D eigenvalue weighted by Gasteiger charge is -2.08. The molecule has 2 aliphatic rings. The molecule has 0 amide bonds. The van der Waals surface area contributed by atoms with Gasteiger partial charge >= 0.3 is 0 Å². The Morgan fingerprint density at radius 1 is 1.37 bits per heavy atom. The summed E-state index contributed by atoms with van der Waals surface area (Å²) in [6.45, 7) is 3.50. The van der Waals surface area contributed by atoms with Crippen molar-refractivity contribution in [3.63, 3.8) is 0 Å². The number of halogens is 1. The van der Waals surface area contributed by atoms with Gasteiger partial charge in [-0.05, 0) is 38.0 Å². The Labute approximate surface area is 164 Å². The van der Waals surface area contributed by atoms with Crippen LogP contribution in [0.3, 0.4) is 0 Å². The lowest BCUT2D eigenvalue weighted by atomic mass is 10.1. The molecular formula is C19H19BrN6O. The van der Waals surface area contributed by atoms with Crippen LogP contribution >= 0.6 is 15.9 Å². The molecule has 1 fully saturated rings. The van der Waals surface area contributed by atoms with Crippen molar-refractivity contribution in [3.8, 4) is 17.1 Å². The fraction of sp³-hybridized carbons (Fsp3) is 0.368. The second-order valence-corrected chi connectivity index (χ2v) is 8.08. The lowest BCUT2D eigenvalue weighted by Crippen LogP contribution is -2.24. The van der Waals surface area contributed by atoms with E-state index in [1.165, 1.54) is 0 Å². The van der Waals surface area contributed by atoms with Crippen molar-refractivity contribution in [3.05, 3.63) is 46.2 Å². The van der Waals surface area contributed by atoms with E-state index in [0.29, 0.717) is 31.2 Å². The van der Waals surface area contributed by atoms with Crippen LogP contribution in [0.2, 0.25) is 0 Å². The number of carbonyl (C=O) groups excluding carboxylic acids is 1. The summed E-state index contributed by atoms with van der Waals surface area (Å²) in [6.07, 6.45) is 3.93. The van der Waals surface area contributed by atoms with E-state index in [1.807, 2.05) is 24.0 Å². The minimum Gasteiger partial charge on any atom is -0.303 e. The average Bonchev–Trinajstić information content (AvgIpc) is 3.36. The highest BCUT2D eigenvalue weighted by Gasteiger charge is 2.29. The van der Waals surface area contributed by atoms with E-state index in [4.69, 9.17) is 10.1 Å². The predicted octanol–water partition coefficient (Wildman–Crippen LogP) is 2.63. The second-order valence-electron chi connectivity index (χ2n) is 7.16. The highest BCUT2D eigenvalue weighted by molar-refractivity contribution is 9.10. The normalized spacial score (nSPS) is 15.0. The Bertz CT molecular complexity index is 1050. The van der Waals surface area contributed by atoms with Crippen LogP contribution in [0.4, 0.5) is 0 Å². The maximum Gasteiger partial charge on any atom is 0.165 e. The van der Waals surface area contributed by atoms with Gasteiger partial charge < -0.3 is 9.88 Å². The van der Waals surface area contributed by atoms with Crippen LogP contribution in [0.25, 0.3) is 17.1 Å². The first-order chi connectivity index (χ1) is 13.1. The fourth-order valence-corrected chi connectivity index (χ4v) is 3.88. The molecule has 2 aromatic heterocycles. The number of carbonyl (C=O) groups is 1. The maximum absolute atomic E-state index is 11.9. The standard InChI is InChI=1S/C19H19BrN6O/c1-11-16-9-26-19(14-6-13(20)4-5-15(14)25(16)10-22-11)23-18(24-26)8-21-7-17(27)12-2-3-12/h4-6,10,12,21H,2-3,7-9H2,1H3. The van der Waals surface area contributed by atoms with Gasteiger partial charge in [-0.15, -0.1) is 0 Å². The van der Waals surface area contributed by atoms with E-state index in [-0.39, 0.29) is 5.92 Å². The highest BCUT2D eigenvalue weighted by Crippen LogP contribution is 2.33. The van der Waals surface area contributed by atoms with E-state index in [1.54, 1.807) is 0 Å². The third-order valence-corrected chi connectivity index (χ3v) is 5.66. The number of imidazole rings is 1. The van der Waals surface area contributed by atoms with Crippen LogP contribution in [0.5, 0.6) is 0 Å². The number of benzene rings is 1. The SMILES string of the molecule is Cc1ncn2c1Cn1nc(CNCC(=O)C3CC3)nc1-c1cc(Br)ccc1-2. The smallest absolute Gasteiger partial charge is 0.165 e. The Morgan fingerprint density at radius 3 is 3.04 bits per heavy atom. The van der Waals surface area contributed by atoms with Crippen LogP contribution in [0.15, 0.2) is 29.0 Å². The Morgan fingerprint density at radius 2 is 2.22 bits per heavy atom. The molecule has 3 aromatic rings. The van der Waals surface area contributed by atoms with Crippen LogP contribution in [-0.4, -0.2) is 36.6 Å². The van der Waals surface area contributed by atoms with Gasteiger partial charge in [0.25, 0.3) is 0 Å². The van der Waals surface area contributed by atoms with Crippen molar-refractivity contribution in [2.45, 2.75) is 32.9 Å². The van der Waals surface area contributed by atoms with E-state index < -0.39 is 0 Å². The summed E-state index contributed by atoms with van der Waals surface area (Å²) in [5.41, 5.74) is 4.14. The molecule has 0 spiro atoms. The number of fused-ring (bicyclic) bond motifs is 5. The minimum atomic E-state index is 0.275. The van der Waals surface area contributed by atoms with Crippen molar-refractivity contribution in [2.24, 2.45) is 5.92 Å².